The molecule has 0 spiro atoms. The number of ether oxygens (including phenoxy) is 7. The quantitative estimate of drug-likeness (QED) is 0.0303. The Labute approximate surface area is 323 Å². The highest BCUT2D eigenvalue weighted by molar-refractivity contribution is 7.81. The van der Waals surface area contributed by atoms with E-state index in [9.17, 15) is 66.2 Å². The average molecular weight is 860 g/mol. The maximum absolute atomic E-state index is 12.6. The third-order valence-electron chi connectivity index (χ3n) is 9.13. The van der Waals surface area contributed by atoms with Crippen molar-refractivity contribution in [2.24, 2.45) is 0 Å². The fraction of sp³-hybridized carbons (Fsp3) is 0.933. The Hall–Kier alpha value is -1.80. The van der Waals surface area contributed by atoms with Crippen LogP contribution in [0.5, 0.6) is 0 Å². The maximum Gasteiger partial charge on any atom is 0.397 e. The highest BCUT2D eigenvalue weighted by Crippen LogP contribution is 2.35. The highest BCUT2D eigenvalue weighted by atomic mass is 32.3. The fourth-order valence-corrected chi connectivity index (χ4v) is 7.10. The summed E-state index contributed by atoms with van der Waals surface area (Å²) in [7, 11) is -9.26. The smallest absolute Gasteiger partial charge is 0.397 e. The van der Waals surface area contributed by atoms with Crippen molar-refractivity contribution in [1.82, 2.24) is 5.32 Å². The van der Waals surface area contributed by atoms with Gasteiger partial charge < -0.3 is 69.1 Å². The molecule has 0 aromatic heterocycles. The van der Waals surface area contributed by atoms with E-state index in [0.717, 1.165) is 26.2 Å². The van der Waals surface area contributed by atoms with E-state index in [-0.39, 0.29) is 19.0 Å². The number of hydrogen-bond acceptors (Lipinski definition) is 21. The molecule has 0 radical (unpaired) electrons. The second-order valence-electron chi connectivity index (χ2n) is 13.4. The molecule has 3 aliphatic heterocycles. The molecule has 3 aliphatic rings. The van der Waals surface area contributed by atoms with Gasteiger partial charge in [0.05, 0.1) is 26.4 Å². The average Bonchev–Trinajstić information content (AvgIpc) is 3.11. The van der Waals surface area contributed by atoms with Gasteiger partial charge in [0.15, 0.2) is 18.9 Å². The molecule has 0 saturated carbocycles. The van der Waals surface area contributed by atoms with E-state index < -0.39 is 132 Å². The lowest BCUT2D eigenvalue weighted by molar-refractivity contribution is -0.372. The second-order valence-corrected chi connectivity index (χ2v) is 15.5. The second kappa shape index (κ2) is 22.0. The number of rotatable bonds is 21. The van der Waals surface area contributed by atoms with Crippen LogP contribution in [0.15, 0.2) is 0 Å². The van der Waals surface area contributed by atoms with Crippen LogP contribution in [0.4, 0.5) is 0 Å². The van der Waals surface area contributed by atoms with Gasteiger partial charge in [0.25, 0.3) is 0 Å². The van der Waals surface area contributed by atoms with Crippen LogP contribution in [0.3, 0.4) is 0 Å². The van der Waals surface area contributed by atoms with E-state index in [4.69, 9.17) is 28.4 Å². The van der Waals surface area contributed by atoms with E-state index in [1.807, 2.05) is 0 Å². The van der Waals surface area contributed by atoms with Crippen molar-refractivity contribution < 1.29 is 108 Å². The normalized spacial score (nSPS) is 36.9. The molecule has 26 heteroatoms. The summed E-state index contributed by atoms with van der Waals surface area (Å²) in [5, 5.41) is 65.6. The molecule has 3 fully saturated rings. The number of amides is 1. The Morgan fingerprint density at radius 3 is 1.88 bits per heavy atom. The van der Waals surface area contributed by atoms with Crippen LogP contribution in [0.2, 0.25) is 0 Å². The van der Waals surface area contributed by atoms with Gasteiger partial charge in [0.2, 0.25) is 5.91 Å². The summed E-state index contributed by atoms with van der Waals surface area (Å²) in [6.45, 7) is 0.243. The molecule has 0 aromatic carbocycles. The molecular formula is C30H53NO23S2. The van der Waals surface area contributed by atoms with Gasteiger partial charge in [-0.2, -0.15) is 16.8 Å². The van der Waals surface area contributed by atoms with Crippen molar-refractivity contribution in [2.45, 2.75) is 151 Å². The monoisotopic (exact) mass is 859 g/mol. The van der Waals surface area contributed by atoms with E-state index >= 15 is 0 Å². The number of aliphatic hydroxyl groups is 6. The lowest BCUT2D eigenvalue weighted by Crippen LogP contribution is -2.70. The summed E-state index contributed by atoms with van der Waals surface area (Å²) < 4.78 is 114. The molecule has 3 rings (SSSR count). The summed E-state index contributed by atoms with van der Waals surface area (Å²) in [5.74, 6) is -1.04. The molecule has 0 bridgehead atoms. The SMILES string of the molecule is COC(=O)CCCCCCCCO[C@@H]1O[C@H](COS(=O)(=O)O)[C@@H](O[C@@H]2O[C@H](CO)[C@H](O)[C@H](OS(=O)(=O)O)[C@H]2O)[C@H](OC2O[C@@H](C)[C@@H](O)[C@@H](O)[C@@H]2O)[C@H]1NC(C)=O. The third-order valence-corrected chi connectivity index (χ3v) is 10.0. The number of carbonyl (C=O) groups excluding carboxylic acids is 2. The van der Waals surface area contributed by atoms with Gasteiger partial charge in [0.1, 0.15) is 67.1 Å². The minimum atomic E-state index is -5.36. The zero-order valence-electron chi connectivity index (χ0n) is 30.7. The first-order chi connectivity index (χ1) is 26.2. The largest absolute Gasteiger partial charge is 0.469 e. The first-order valence-corrected chi connectivity index (χ1v) is 20.4. The Bertz CT molecular complexity index is 1450. The topological polar surface area (TPSA) is 359 Å². The van der Waals surface area contributed by atoms with E-state index in [1.165, 1.54) is 14.0 Å². The lowest BCUT2D eigenvalue weighted by Gasteiger charge is -2.50. The predicted octanol–water partition coefficient (Wildman–Crippen LogP) is -3.82. The number of aliphatic hydroxyl groups excluding tert-OH is 6. The molecule has 1 amide bonds. The fourth-order valence-electron chi connectivity index (χ4n) is 6.28. The van der Waals surface area contributed by atoms with Crippen LogP contribution in [0, 0.1) is 0 Å². The van der Waals surface area contributed by atoms with Gasteiger partial charge in [-0.15, -0.1) is 0 Å². The minimum Gasteiger partial charge on any atom is -0.469 e. The molecule has 3 heterocycles. The summed E-state index contributed by atoms with van der Waals surface area (Å²) in [6, 6.07) is -1.50. The number of unbranched alkanes of at least 4 members (excludes halogenated alkanes) is 5. The molecule has 1 unspecified atom stereocenters. The van der Waals surface area contributed by atoms with Crippen LogP contribution >= 0.6 is 0 Å². The van der Waals surface area contributed by atoms with E-state index in [0.29, 0.717) is 19.3 Å². The standard InChI is InChI=1S/C30H53NO23S2/c1-14-20(35)22(37)23(38)29(49-14)53-26-19(31-15(2)33)28(47-11-9-7-5-4-6-8-10-18(34)46-3)51-17(13-48-55(40,41)42)25(26)52-30-24(39)27(54-56(43,44)45)21(36)16(12-32)50-30/h14,16-17,19-30,32,35-39H,4-13H2,1-3H3,(H,31,33)(H,40,41,42)(H,43,44,45)/t14-,16+,17+,19+,20+,21-,22+,23-,24+,25+,26+,27-,28+,29?,30-/m0/s1. The van der Waals surface area contributed by atoms with Crippen molar-refractivity contribution in [1.29, 1.82) is 0 Å². The zero-order chi connectivity index (χ0) is 42.0. The number of hydrogen-bond donors (Lipinski definition) is 9. The molecular weight excluding hydrogens is 806 g/mol. The van der Waals surface area contributed by atoms with Crippen LogP contribution in [0.25, 0.3) is 0 Å². The van der Waals surface area contributed by atoms with Gasteiger partial charge in [-0.1, -0.05) is 25.7 Å². The van der Waals surface area contributed by atoms with Crippen molar-refractivity contribution in [3.8, 4) is 0 Å². The number of nitrogens with one attached hydrogen (secondary N) is 1. The number of esters is 1. The number of methoxy groups -OCH3 is 1. The van der Waals surface area contributed by atoms with Crippen LogP contribution < -0.4 is 5.32 Å². The van der Waals surface area contributed by atoms with Gasteiger partial charge in [0, 0.05) is 20.0 Å². The molecule has 0 aromatic rings. The first kappa shape index (κ1) is 48.6. The predicted molar refractivity (Wildman–Crippen MR) is 180 cm³/mol. The van der Waals surface area contributed by atoms with Gasteiger partial charge in [-0.05, 0) is 19.8 Å². The highest BCUT2D eigenvalue weighted by Gasteiger charge is 2.56. The van der Waals surface area contributed by atoms with Crippen molar-refractivity contribution >= 4 is 32.7 Å². The summed E-state index contributed by atoms with van der Waals surface area (Å²) >= 11 is 0. The molecule has 9 N–H and O–H groups in total. The Morgan fingerprint density at radius 1 is 0.696 bits per heavy atom. The Balaban J connectivity index is 1.98. The van der Waals surface area contributed by atoms with Gasteiger partial charge >= 0.3 is 26.8 Å². The molecule has 0 aliphatic carbocycles. The Morgan fingerprint density at radius 2 is 1.29 bits per heavy atom. The molecule has 15 atom stereocenters. The maximum atomic E-state index is 12.6. The summed E-state index contributed by atoms with van der Waals surface area (Å²) in [5.41, 5.74) is 0. The molecule has 3 saturated heterocycles. The van der Waals surface area contributed by atoms with Crippen molar-refractivity contribution in [2.75, 3.05) is 26.9 Å². The summed E-state index contributed by atoms with van der Waals surface area (Å²) in [6.07, 6.45) is -21.7. The van der Waals surface area contributed by atoms with E-state index in [2.05, 4.69) is 18.4 Å². The molecule has 24 nitrogen and oxygen atoms in total. The van der Waals surface area contributed by atoms with Gasteiger partial charge in [-0.25, -0.2) is 8.37 Å². The van der Waals surface area contributed by atoms with E-state index in [1.54, 1.807) is 0 Å². The van der Waals surface area contributed by atoms with Crippen LogP contribution in [-0.2, 0) is 71.9 Å². The molecule has 328 valence electrons. The van der Waals surface area contributed by atoms with Crippen molar-refractivity contribution in [3.05, 3.63) is 0 Å². The number of carbonyl (C=O) groups is 2. The lowest BCUT2D eigenvalue weighted by atomic mass is 9.94. The van der Waals surface area contributed by atoms with Gasteiger partial charge in [-0.3, -0.25) is 18.7 Å². The van der Waals surface area contributed by atoms with Crippen LogP contribution in [0.1, 0.15) is 58.8 Å². The third kappa shape index (κ3) is 14.5. The molecule has 56 heavy (non-hydrogen) atoms. The Kier molecular flexibility index (Phi) is 19.1. The zero-order valence-corrected chi connectivity index (χ0v) is 32.4. The first-order valence-electron chi connectivity index (χ1n) is 17.7. The van der Waals surface area contributed by atoms with Crippen molar-refractivity contribution in [3.63, 3.8) is 0 Å². The summed E-state index contributed by atoms with van der Waals surface area (Å²) in [4.78, 5) is 23.9. The minimum absolute atomic E-state index is 0.0350. The van der Waals surface area contributed by atoms with Crippen LogP contribution in [-0.4, -0.2) is 187 Å².